The van der Waals surface area contributed by atoms with Crippen molar-refractivity contribution in [2.75, 3.05) is 45.6 Å². The number of ether oxygens (including phenoxy) is 1. The second-order valence-electron chi connectivity index (χ2n) is 10.8. The number of thioether (sulfide) groups is 1. The Morgan fingerprint density at radius 3 is 2.80 bits per heavy atom. The number of hydrogen-bond donors (Lipinski definition) is 1. The molecule has 3 aromatic rings. The highest BCUT2D eigenvalue weighted by Gasteiger charge is 2.41. The molecule has 2 aromatic heterocycles. The van der Waals surface area contributed by atoms with Gasteiger partial charge in [-0.1, -0.05) is 19.1 Å². The average Bonchev–Trinajstić information content (AvgIpc) is 3.56. The van der Waals surface area contributed by atoms with Gasteiger partial charge in [0.05, 0.1) is 22.5 Å². The molecule has 0 aliphatic carbocycles. The number of pyridine rings is 1. The third-order valence-corrected chi connectivity index (χ3v) is 9.14. The first-order valence-electron chi connectivity index (χ1n) is 14.4. The van der Waals surface area contributed by atoms with Crippen molar-refractivity contribution in [2.45, 2.75) is 56.1 Å². The third kappa shape index (κ3) is 6.04. The van der Waals surface area contributed by atoms with Crippen LogP contribution in [0.15, 0.2) is 47.6 Å². The number of amides is 2. The van der Waals surface area contributed by atoms with E-state index in [0.717, 1.165) is 59.9 Å². The Morgan fingerprint density at radius 1 is 1.12 bits per heavy atom. The number of rotatable bonds is 10. The van der Waals surface area contributed by atoms with E-state index in [1.165, 1.54) is 0 Å². The lowest BCUT2D eigenvalue weighted by Gasteiger charge is -2.35. The van der Waals surface area contributed by atoms with Crippen molar-refractivity contribution in [1.82, 2.24) is 24.3 Å². The second kappa shape index (κ2) is 13.1. The Morgan fingerprint density at radius 2 is 1.98 bits per heavy atom. The number of imidazole rings is 1. The number of carbonyl (C=O) groups is 2. The molecule has 4 heterocycles. The van der Waals surface area contributed by atoms with Crippen molar-refractivity contribution < 1.29 is 14.3 Å². The molecule has 2 aliphatic rings. The van der Waals surface area contributed by atoms with Crippen molar-refractivity contribution in [3.8, 4) is 0 Å². The predicted octanol–water partition coefficient (Wildman–Crippen LogP) is 3.78. The minimum atomic E-state index is -0.411. The molecular formula is C30H40N6O3S. The number of nitrogens with zero attached hydrogens (tertiary/aromatic N) is 5. The van der Waals surface area contributed by atoms with Crippen molar-refractivity contribution >= 4 is 34.6 Å². The van der Waals surface area contributed by atoms with Gasteiger partial charge in [-0.05, 0) is 55.7 Å². The molecule has 214 valence electrons. The highest BCUT2D eigenvalue weighted by atomic mass is 32.2. The predicted molar refractivity (Wildman–Crippen MR) is 157 cm³/mol. The molecule has 10 heteroatoms. The first-order valence-corrected chi connectivity index (χ1v) is 15.4. The van der Waals surface area contributed by atoms with Crippen LogP contribution in [0.1, 0.15) is 54.7 Å². The maximum Gasteiger partial charge on any atom is 0.256 e. The van der Waals surface area contributed by atoms with Gasteiger partial charge in [-0.25, -0.2) is 9.97 Å². The Labute approximate surface area is 240 Å². The van der Waals surface area contributed by atoms with E-state index in [2.05, 4.69) is 28.6 Å². The standard InChI is InChI=1S/C30H40N6O3S/c1-3-17-40-28-22(10-6-13-32-28)29(37)35-19-23(24(31)20-35)30(38)34-14-7-9-21(18-34)27-33-25-11-4-5-12-26(25)36(27)15-8-16-39-2/h4-6,10-13,21,23-24H,3,7-9,14-20,31H2,1-2H3/t21-,23-,24-/m1/s1. The topological polar surface area (TPSA) is 107 Å². The second-order valence-corrected chi connectivity index (χ2v) is 11.8. The zero-order chi connectivity index (χ0) is 28.1. The summed E-state index contributed by atoms with van der Waals surface area (Å²) in [6, 6.07) is 11.4. The number of aryl methyl sites for hydroxylation is 1. The van der Waals surface area contributed by atoms with Crippen LogP contribution in [0, 0.1) is 5.92 Å². The number of nitrogens with two attached hydrogens (primary N) is 1. The van der Waals surface area contributed by atoms with Gasteiger partial charge >= 0.3 is 0 Å². The summed E-state index contributed by atoms with van der Waals surface area (Å²) in [6.07, 6.45) is 5.51. The molecule has 2 saturated heterocycles. The van der Waals surface area contributed by atoms with E-state index in [0.29, 0.717) is 38.3 Å². The first kappa shape index (κ1) is 28.6. The van der Waals surface area contributed by atoms with Crippen LogP contribution in [0.4, 0.5) is 0 Å². The molecule has 0 unspecified atom stereocenters. The minimum absolute atomic E-state index is 0.0429. The fraction of sp³-hybridized carbons (Fsp3) is 0.533. The van der Waals surface area contributed by atoms with Crippen molar-refractivity contribution in [3.05, 3.63) is 54.0 Å². The Kier molecular flexibility index (Phi) is 9.39. The number of hydrogen-bond acceptors (Lipinski definition) is 7. The van der Waals surface area contributed by atoms with E-state index < -0.39 is 5.92 Å². The zero-order valence-electron chi connectivity index (χ0n) is 23.5. The molecule has 0 radical (unpaired) electrons. The zero-order valence-corrected chi connectivity index (χ0v) is 24.3. The lowest BCUT2D eigenvalue weighted by molar-refractivity contribution is -0.136. The number of aromatic nitrogens is 3. The normalized spacial score (nSPS) is 21.3. The number of methoxy groups -OCH3 is 1. The van der Waals surface area contributed by atoms with Gasteiger partial charge in [0.25, 0.3) is 5.91 Å². The number of piperidine rings is 1. The number of benzene rings is 1. The van der Waals surface area contributed by atoms with Gasteiger partial charge < -0.3 is 24.8 Å². The van der Waals surface area contributed by atoms with E-state index in [9.17, 15) is 9.59 Å². The Bertz CT molecular complexity index is 1330. The number of fused-ring (bicyclic) bond motifs is 1. The van der Waals surface area contributed by atoms with Crippen LogP contribution in [0.5, 0.6) is 0 Å². The van der Waals surface area contributed by atoms with Crippen LogP contribution in [0.3, 0.4) is 0 Å². The van der Waals surface area contributed by atoms with Gasteiger partial charge in [-0.2, -0.15) is 0 Å². The fourth-order valence-corrected chi connectivity index (χ4v) is 6.77. The maximum atomic E-state index is 13.8. The van der Waals surface area contributed by atoms with Crippen LogP contribution in [-0.4, -0.2) is 87.8 Å². The molecule has 2 N–H and O–H groups in total. The average molecular weight is 565 g/mol. The molecule has 0 saturated carbocycles. The van der Waals surface area contributed by atoms with Gasteiger partial charge in [0, 0.05) is 64.6 Å². The third-order valence-electron chi connectivity index (χ3n) is 7.93. The first-order chi connectivity index (χ1) is 19.5. The molecule has 2 fully saturated rings. The van der Waals surface area contributed by atoms with Crippen LogP contribution in [-0.2, 0) is 16.1 Å². The lowest BCUT2D eigenvalue weighted by Crippen LogP contribution is -2.47. The van der Waals surface area contributed by atoms with Gasteiger partial charge in [-0.3, -0.25) is 9.59 Å². The van der Waals surface area contributed by atoms with E-state index in [-0.39, 0.29) is 23.8 Å². The monoisotopic (exact) mass is 564 g/mol. The van der Waals surface area contributed by atoms with Gasteiger partial charge in [0.1, 0.15) is 10.9 Å². The number of likely N-dealkylation sites (tertiary alicyclic amines) is 2. The van der Waals surface area contributed by atoms with E-state index >= 15 is 0 Å². The Hall–Kier alpha value is -2.95. The molecule has 1 aromatic carbocycles. The van der Waals surface area contributed by atoms with Crippen LogP contribution in [0.2, 0.25) is 0 Å². The number of carbonyl (C=O) groups excluding carboxylic acids is 2. The molecule has 5 rings (SSSR count). The highest BCUT2D eigenvalue weighted by Crippen LogP contribution is 2.32. The quantitative estimate of drug-likeness (QED) is 0.295. The smallest absolute Gasteiger partial charge is 0.256 e. The summed E-state index contributed by atoms with van der Waals surface area (Å²) < 4.78 is 7.60. The van der Waals surface area contributed by atoms with E-state index in [1.54, 1.807) is 36.0 Å². The molecule has 0 bridgehead atoms. The van der Waals surface area contributed by atoms with E-state index in [1.807, 2.05) is 23.1 Å². The van der Waals surface area contributed by atoms with E-state index in [4.69, 9.17) is 15.5 Å². The van der Waals surface area contributed by atoms with Gasteiger partial charge in [-0.15, -0.1) is 11.8 Å². The summed E-state index contributed by atoms with van der Waals surface area (Å²) >= 11 is 1.59. The molecule has 2 amide bonds. The maximum absolute atomic E-state index is 13.8. The minimum Gasteiger partial charge on any atom is -0.385 e. The summed E-state index contributed by atoms with van der Waals surface area (Å²) in [5, 5.41) is 0.741. The summed E-state index contributed by atoms with van der Waals surface area (Å²) in [5.74, 6) is 1.62. The molecular weight excluding hydrogens is 524 g/mol. The summed E-state index contributed by atoms with van der Waals surface area (Å²) in [4.78, 5) is 40.4. The SMILES string of the molecule is CCCSc1ncccc1C(=O)N1C[C@@H](N)[C@H](C(=O)N2CCC[C@@H](c3nc4ccccc4n3CCCOC)C2)C1. The molecule has 9 nitrogen and oxygen atoms in total. The van der Waals surface area contributed by atoms with Crippen LogP contribution in [0.25, 0.3) is 11.0 Å². The summed E-state index contributed by atoms with van der Waals surface area (Å²) in [5.41, 5.74) is 9.20. The summed E-state index contributed by atoms with van der Waals surface area (Å²) in [7, 11) is 1.72. The van der Waals surface area contributed by atoms with Crippen LogP contribution < -0.4 is 5.73 Å². The van der Waals surface area contributed by atoms with Crippen molar-refractivity contribution in [2.24, 2.45) is 11.7 Å². The van der Waals surface area contributed by atoms with Gasteiger partial charge in [0.2, 0.25) is 5.91 Å². The van der Waals surface area contributed by atoms with Crippen LogP contribution >= 0.6 is 11.8 Å². The summed E-state index contributed by atoms with van der Waals surface area (Å²) in [6.45, 7) is 5.65. The molecule has 0 spiro atoms. The molecule has 40 heavy (non-hydrogen) atoms. The van der Waals surface area contributed by atoms with Crippen molar-refractivity contribution in [3.63, 3.8) is 0 Å². The van der Waals surface area contributed by atoms with Crippen molar-refractivity contribution in [1.29, 1.82) is 0 Å². The lowest BCUT2D eigenvalue weighted by atomic mass is 9.94. The molecule has 3 atom stereocenters. The highest BCUT2D eigenvalue weighted by molar-refractivity contribution is 7.99. The van der Waals surface area contributed by atoms with Gasteiger partial charge in [0.15, 0.2) is 0 Å². The largest absolute Gasteiger partial charge is 0.385 e. The molecule has 2 aliphatic heterocycles. The fourth-order valence-electron chi connectivity index (χ4n) is 5.92. The number of para-hydroxylation sites is 2. The Balaban J connectivity index is 1.29.